The zero-order valence-corrected chi connectivity index (χ0v) is 15.3. The van der Waals surface area contributed by atoms with Crippen LogP contribution in [0.3, 0.4) is 0 Å². The zero-order valence-electron chi connectivity index (χ0n) is 14.5. The lowest BCUT2D eigenvalue weighted by Gasteiger charge is -2.21. The maximum Gasteiger partial charge on any atom is 0.243 e. The lowest BCUT2D eigenvalue weighted by Crippen LogP contribution is -2.30. The van der Waals surface area contributed by atoms with E-state index in [1.807, 2.05) is 42.5 Å². The number of aromatic nitrogens is 1. The minimum atomic E-state index is -3.73. The number of hydrogen-bond donors (Lipinski definition) is 0. The number of sulfonamides is 1. The fourth-order valence-electron chi connectivity index (χ4n) is 2.95. The summed E-state index contributed by atoms with van der Waals surface area (Å²) in [6, 6.07) is 21.8. The van der Waals surface area contributed by atoms with Crippen molar-refractivity contribution in [1.29, 1.82) is 0 Å². The van der Waals surface area contributed by atoms with Crippen LogP contribution in [-0.2, 0) is 23.1 Å². The van der Waals surface area contributed by atoms with Crippen molar-refractivity contribution < 1.29 is 12.8 Å². The standard InChI is InChI=1S/C21H18N2O3S/c24-27(25,21-11-10-17-6-1-2-7-18(17)14-21)23(16-20-9-5-13-26-20)15-19-8-3-4-12-22-19/h1-14H,15-16H2. The van der Waals surface area contributed by atoms with Gasteiger partial charge in [0.2, 0.25) is 10.0 Å². The molecule has 4 aromatic rings. The van der Waals surface area contributed by atoms with Gasteiger partial charge in [0.15, 0.2) is 0 Å². The quantitative estimate of drug-likeness (QED) is 0.504. The summed E-state index contributed by atoms with van der Waals surface area (Å²) < 4.78 is 33.5. The number of nitrogens with zero attached hydrogens (tertiary/aromatic N) is 2. The second-order valence-corrected chi connectivity index (χ2v) is 8.12. The molecular formula is C21H18N2O3S. The third-order valence-electron chi connectivity index (χ3n) is 4.34. The molecule has 2 heterocycles. The van der Waals surface area contributed by atoms with Gasteiger partial charge in [-0.05, 0) is 47.2 Å². The molecule has 0 atom stereocenters. The first-order chi connectivity index (χ1) is 13.1. The van der Waals surface area contributed by atoms with Crippen molar-refractivity contribution in [2.24, 2.45) is 0 Å². The van der Waals surface area contributed by atoms with E-state index in [1.54, 1.807) is 36.5 Å². The first-order valence-corrected chi connectivity index (χ1v) is 9.98. The van der Waals surface area contributed by atoms with Crippen molar-refractivity contribution >= 4 is 20.8 Å². The highest BCUT2D eigenvalue weighted by Gasteiger charge is 2.26. The van der Waals surface area contributed by atoms with E-state index < -0.39 is 10.0 Å². The summed E-state index contributed by atoms with van der Waals surface area (Å²) in [7, 11) is -3.73. The topological polar surface area (TPSA) is 63.4 Å². The predicted molar refractivity (Wildman–Crippen MR) is 103 cm³/mol. The van der Waals surface area contributed by atoms with E-state index in [9.17, 15) is 8.42 Å². The minimum Gasteiger partial charge on any atom is -0.468 e. The maximum atomic E-state index is 13.4. The second kappa shape index (κ2) is 7.34. The van der Waals surface area contributed by atoms with Crippen molar-refractivity contribution in [3.05, 3.63) is 96.7 Å². The molecule has 4 rings (SSSR count). The number of fused-ring (bicyclic) bond motifs is 1. The van der Waals surface area contributed by atoms with Crippen LogP contribution in [0, 0.1) is 0 Å². The van der Waals surface area contributed by atoms with Crippen LogP contribution in [0.4, 0.5) is 0 Å². The van der Waals surface area contributed by atoms with E-state index in [0.29, 0.717) is 11.5 Å². The van der Waals surface area contributed by atoms with Gasteiger partial charge in [-0.2, -0.15) is 4.31 Å². The Bertz CT molecular complexity index is 1140. The molecule has 0 unspecified atom stereocenters. The Labute approximate surface area is 157 Å². The molecule has 0 spiro atoms. The van der Waals surface area contributed by atoms with E-state index in [2.05, 4.69) is 4.98 Å². The highest BCUT2D eigenvalue weighted by molar-refractivity contribution is 7.89. The number of pyridine rings is 1. The highest BCUT2D eigenvalue weighted by Crippen LogP contribution is 2.24. The summed E-state index contributed by atoms with van der Waals surface area (Å²) in [5.41, 5.74) is 0.674. The molecule has 27 heavy (non-hydrogen) atoms. The number of benzene rings is 2. The van der Waals surface area contributed by atoms with Gasteiger partial charge >= 0.3 is 0 Å². The van der Waals surface area contributed by atoms with Crippen molar-refractivity contribution in [2.75, 3.05) is 0 Å². The first kappa shape index (κ1) is 17.5. The molecule has 0 radical (unpaired) electrons. The van der Waals surface area contributed by atoms with E-state index in [4.69, 9.17) is 4.42 Å². The van der Waals surface area contributed by atoms with Crippen LogP contribution in [0.15, 0.2) is 94.6 Å². The summed E-state index contributed by atoms with van der Waals surface area (Å²) in [6.07, 6.45) is 3.19. The molecule has 136 valence electrons. The van der Waals surface area contributed by atoms with Crippen LogP contribution < -0.4 is 0 Å². The third-order valence-corrected chi connectivity index (χ3v) is 6.12. The summed E-state index contributed by atoms with van der Waals surface area (Å²) >= 11 is 0. The number of furan rings is 1. The van der Waals surface area contributed by atoms with E-state index in [0.717, 1.165) is 10.8 Å². The SMILES string of the molecule is O=S(=O)(c1ccc2ccccc2c1)N(Cc1ccccn1)Cc1ccco1. The smallest absolute Gasteiger partial charge is 0.243 e. The molecule has 0 saturated heterocycles. The average Bonchev–Trinajstić information content (AvgIpc) is 3.21. The molecule has 0 amide bonds. The Morgan fingerprint density at radius 1 is 0.852 bits per heavy atom. The van der Waals surface area contributed by atoms with Crippen molar-refractivity contribution in [3.8, 4) is 0 Å². The van der Waals surface area contributed by atoms with Crippen molar-refractivity contribution in [2.45, 2.75) is 18.0 Å². The molecule has 5 nitrogen and oxygen atoms in total. The molecule has 0 aliphatic carbocycles. The molecule has 2 aromatic carbocycles. The van der Waals surface area contributed by atoms with E-state index >= 15 is 0 Å². The Morgan fingerprint density at radius 3 is 2.41 bits per heavy atom. The van der Waals surface area contributed by atoms with Gasteiger partial charge in [-0.3, -0.25) is 4.98 Å². The van der Waals surface area contributed by atoms with Crippen LogP contribution in [0.1, 0.15) is 11.5 Å². The fourth-order valence-corrected chi connectivity index (χ4v) is 4.36. The Kier molecular flexibility index (Phi) is 4.75. The molecule has 0 aliphatic rings. The predicted octanol–water partition coefficient (Wildman–Crippen LogP) is 4.22. The Balaban J connectivity index is 1.73. The highest BCUT2D eigenvalue weighted by atomic mass is 32.2. The molecular weight excluding hydrogens is 360 g/mol. The molecule has 0 saturated carbocycles. The van der Waals surface area contributed by atoms with Gasteiger partial charge in [0.25, 0.3) is 0 Å². The summed E-state index contributed by atoms with van der Waals surface area (Å²) in [4.78, 5) is 4.52. The summed E-state index contributed by atoms with van der Waals surface area (Å²) in [5, 5.41) is 1.88. The van der Waals surface area contributed by atoms with Gasteiger partial charge in [0.05, 0.1) is 29.9 Å². The summed E-state index contributed by atoms with van der Waals surface area (Å²) in [6.45, 7) is 0.301. The first-order valence-electron chi connectivity index (χ1n) is 8.54. The molecule has 0 N–H and O–H groups in total. The van der Waals surface area contributed by atoms with Gasteiger partial charge in [-0.15, -0.1) is 0 Å². The normalized spacial score (nSPS) is 11.9. The molecule has 6 heteroatoms. The van der Waals surface area contributed by atoms with Crippen LogP contribution >= 0.6 is 0 Å². The van der Waals surface area contributed by atoms with Crippen molar-refractivity contribution in [3.63, 3.8) is 0 Å². The van der Waals surface area contributed by atoms with Gasteiger partial charge in [0, 0.05) is 6.20 Å². The molecule has 2 aromatic heterocycles. The second-order valence-electron chi connectivity index (χ2n) is 6.18. The largest absolute Gasteiger partial charge is 0.468 e. The third kappa shape index (κ3) is 3.77. The van der Waals surface area contributed by atoms with Crippen LogP contribution in [0.5, 0.6) is 0 Å². The van der Waals surface area contributed by atoms with Gasteiger partial charge in [0.1, 0.15) is 5.76 Å². The summed E-state index contributed by atoms with van der Waals surface area (Å²) in [5.74, 6) is 0.579. The average molecular weight is 378 g/mol. The molecule has 0 aliphatic heterocycles. The van der Waals surface area contributed by atoms with Crippen LogP contribution in [0.2, 0.25) is 0 Å². The van der Waals surface area contributed by atoms with E-state index in [1.165, 1.54) is 10.6 Å². The maximum absolute atomic E-state index is 13.4. The van der Waals surface area contributed by atoms with Crippen LogP contribution in [-0.4, -0.2) is 17.7 Å². The molecule has 0 fully saturated rings. The molecule has 0 bridgehead atoms. The lowest BCUT2D eigenvalue weighted by atomic mass is 10.1. The Morgan fingerprint density at radius 2 is 1.67 bits per heavy atom. The van der Waals surface area contributed by atoms with Crippen molar-refractivity contribution in [1.82, 2.24) is 9.29 Å². The minimum absolute atomic E-state index is 0.138. The van der Waals surface area contributed by atoms with Gasteiger partial charge in [-0.25, -0.2) is 8.42 Å². The number of hydrogen-bond acceptors (Lipinski definition) is 4. The van der Waals surface area contributed by atoms with Gasteiger partial charge in [-0.1, -0.05) is 36.4 Å². The lowest BCUT2D eigenvalue weighted by molar-refractivity contribution is 0.355. The monoisotopic (exact) mass is 378 g/mol. The van der Waals surface area contributed by atoms with Crippen LogP contribution in [0.25, 0.3) is 10.8 Å². The Hall–Kier alpha value is -2.96. The number of rotatable bonds is 6. The fraction of sp³-hybridized carbons (Fsp3) is 0.0952. The van der Waals surface area contributed by atoms with E-state index in [-0.39, 0.29) is 18.0 Å². The van der Waals surface area contributed by atoms with Gasteiger partial charge < -0.3 is 4.42 Å². The zero-order chi connectivity index (χ0) is 18.7.